The molecule has 0 N–H and O–H groups in total. The minimum Gasteiger partial charge on any atom is -0.453 e. The molecular formula is C8H13ClO3. The summed E-state index contributed by atoms with van der Waals surface area (Å²) < 4.78 is 4.74. The average Bonchev–Trinajstić information content (AvgIpc) is 1.98. The molecule has 70 valence electrons. The van der Waals surface area contributed by atoms with Gasteiger partial charge in [0.25, 0.3) is 5.24 Å². The Kier molecular flexibility index (Phi) is 4.90. The molecule has 0 spiro atoms. The fourth-order valence-electron chi connectivity index (χ4n) is 0.779. The summed E-state index contributed by atoms with van der Waals surface area (Å²) in [7, 11) is 0. The third-order valence-electron chi connectivity index (χ3n) is 1.68. The van der Waals surface area contributed by atoms with E-state index in [1.165, 1.54) is 6.92 Å². The largest absolute Gasteiger partial charge is 0.453 e. The van der Waals surface area contributed by atoms with Gasteiger partial charge in [-0.1, -0.05) is 13.8 Å². The van der Waals surface area contributed by atoms with Gasteiger partial charge in [0.2, 0.25) is 0 Å². The van der Waals surface area contributed by atoms with E-state index >= 15 is 0 Å². The highest BCUT2D eigenvalue weighted by molar-refractivity contribution is 6.64. The number of carbonyl (C=O) groups excluding carboxylic acids is 2. The fraction of sp³-hybridized carbons (Fsp3) is 0.750. The van der Waals surface area contributed by atoms with Crippen LogP contribution in [0.2, 0.25) is 0 Å². The van der Waals surface area contributed by atoms with Gasteiger partial charge < -0.3 is 4.74 Å². The molecule has 0 heterocycles. The first-order valence-electron chi connectivity index (χ1n) is 3.85. The summed E-state index contributed by atoms with van der Waals surface area (Å²) in [4.78, 5) is 21.3. The van der Waals surface area contributed by atoms with Crippen molar-refractivity contribution in [2.45, 2.75) is 33.3 Å². The van der Waals surface area contributed by atoms with Crippen molar-refractivity contribution in [2.75, 3.05) is 0 Å². The monoisotopic (exact) mass is 192 g/mol. The second-order valence-corrected chi connectivity index (χ2v) is 3.09. The predicted molar refractivity (Wildman–Crippen MR) is 45.9 cm³/mol. The molecule has 2 atom stereocenters. The van der Waals surface area contributed by atoms with Crippen LogP contribution in [0.4, 0.5) is 0 Å². The molecule has 0 fully saturated rings. The van der Waals surface area contributed by atoms with Gasteiger partial charge in [-0.2, -0.15) is 0 Å². The Morgan fingerprint density at radius 1 is 1.50 bits per heavy atom. The maximum absolute atomic E-state index is 10.8. The first kappa shape index (κ1) is 11.4. The minimum atomic E-state index is -0.797. The van der Waals surface area contributed by atoms with Crippen molar-refractivity contribution in [3.8, 4) is 0 Å². The number of ether oxygens (including phenoxy) is 1. The van der Waals surface area contributed by atoms with Crippen molar-refractivity contribution in [3.05, 3.63) is 0 Å². The van der Waals surface area contributed by atoms with Gasteiger partial charge >= 0.3 is 5.97 Å². The molecule has 0 aliphatic rings. The predicted octanol–water partition coefficient (Wildman–Crippen LogP) is 1.73. The molecule has 0 aromatic rings. The van der Waals surface area contributed by atoms with Gasteiger partial charge in [-0.05, 0) is 18.0 Å². The zero-order chi connectivity index (χ0) is 9.72. The van der Waals surface area contributed by atoms with Crippen LogP contribution in [-0.2, 0) is 14.3 Å². The lowest BCUT2D eigenvalue weighted by Crippen LogP contribution is -2.29. The van der Waals surface area contributed by atoms with E-state index in [1.54, 1.807) is 0 Å². The van der Waals surface area contributed by atoms with E-state index < -0.39 is 17.3 Å². The Morgan fingerprint density at radius 3 is 2.25 bits per heavy atom. The molecule has 0 aromatic heterocycles. The van der Waals surface area contributed by atoms with E-state index in [2.05, 4.69) is 0 Å². The highest BCUT2D eigenvalue weighted by Gasteiger charge is 2.24. The van der Waals surface area contributed by atoms with Crippen LogP contribution in [0.15, 0.2) is 0 Å². The van der Waals surface area contributed by atoms with E-state index in [1.807, 2.05) is 13.8 Å². The van der Waals surface area contributed by atoms with Gasteiger partial charge in [0.05, 0.1) is 0 Å². The van der Waals surface area contributed by atoms with Gasteiger partial charge in [0.15, 0.2) is 6.10 Å². The lowest BCUT2D eigenvalue weighted by Gasteiger charge is -2.18. The normalized spacial score (nSPS) is 15.0. The summed E-state index contributed by atoms with van der Waals surface area (Å²) in [6.45, 7) is 4.98. The number of carbonyl (C=O) groups is 2. The molecule has 0 amide bonds. The molecule has 3 nitrogen and oxygen atoms in total. The van der Waals surface area contributed by atoms with E-state index in [0.29, 0.717) is 0 Å². The van der Waals surface area contributed by atoms with E-state index in [-0.39, 0.29) is 5.92 Å². The van der Waals surface area contributed by atoms with Crippen LogP contribution in [0.3, 0.4) is 0 Å². The third kappa shape index (κ3) is 3.72. The quantitative estimate of drug-likeness (QED) is 0.503. The van der Waals surface area contributed by atoms with Crippen LogP contribution in [-0.4, -0.2) is 17.3 Å². The van der Waals surface area contributed by atoms with Crippen LogP contribution < -0.4 is 0 Å². The Balaban J connectivity index is 4.22. The average molecular weight is 193 g/mol. The van der Waals surface area contributed by atoms with Crippen molar-refractivity contribution in [1.82, 2.24) is 0 Å². The van der Waals surface area contributed by atoms with Crippen molar-refractivity contribution >= 4 is 22.8 Å². The summed E-state index contributed by atoms with van der Waals surface area (Å²) in [5, 5.41) is -0.612. The van der Waals surface area contributed by atoms with E-state index in [9.17, 15) is 9.59 Å². The second-order valence-electron chi connectivity index (χ2n) is 2.72. The highest BCUT2D eigenvalue weighted by Crippen LogP contribution is 2.14. The lowest BCUT2D eigenvalue weighted by molar-refractivity contribution is -0.153. The number of hydrogen-bond acceptors (Lipinski definition) is 3. The van der Waals surface area contributed by atoms with Gasteiger partial charge in [-0.25, -0.2) is 0 Å². The Morgan fingerprint density at radius 2 is 2.00 bits per heavy atom. The Bertz CT molecular complexity index is 179. The zero-order valence-corrected chi connectivity index (χ0v) is 8.22. The second kappa shape index (κ2) is 5.14. The molecule has 0 saturated carbocycles. The first-order valence-corrected chi connectivity index (χ1v) is 4.23. The van der Waals surface area contributed by atoms with Crippen molar-refractivity contribution in [1.29, 1.82) is 0 Å². The molecule has 0 radical (unpaired) electrons. The smallest absolute Gasteiger partial charge is 0.303 e. The van der Waals surface area contributed by atoms with Crippen LogP contribution >= 0.6 is 11.6 Å². The van der Waals surface area contributed by atoms with Gasteiger partial charge in [-0.15, -0.1) is 0 Å². The van der Waals surface area contributed by atoms with Crippen LogP contribution in [0.1, 0.15) is 27.2 Å². The Labute approximate surface area is 77.0 Å². The minimum absolute atomic E-state index is 0.0288. The van der Waals surface area contributed by atoms with Gasteiger partial charge in [0, 0.05) is 12.8 Å². The van der Waals surface area contributed by atoms with Crippen molar-refractivity contribution < 1.29 is 14.3 Å². The van der Waals surface area contributed by atoms with Crippen LogP contribution in [0.5, 0.6) is 0 Å². The molecule has 0 bridgehead atoms. The number of esters is 1. The molecule has 12 heavy (non-hydrogen) atoms. The molecular weight excluding hydrogens is 180 g/mol. The fourth-order valence-corrected chi connectivity index (χ4v) is 1.04. The maximum atomic E-state index is 10.8. The number of halogens is 1. The number of hydrogen-bond donors (Lipinski definition) is 0. The van der Waals surface area contributed by atoms with Crippen LogP contribution in [0.25, 0.3) is 0 Å². The summed E-state index contributed by atoms with van der Waals surface area (Å²) >= 11 is 5.25. The first-order chi connectivity index (χ1) is 5.49. The van der Waals surface area contributed by atoms with Gasteiger partial charge in [-0.3, -0.25) is 9.59 Å². The van der Waals surface area contributed by atoms with Crippen molar-refractivity contribution in [2.24, 2.45) is 5.92 Å². The van der Waals surface area contributed by atoms with Crippen LogP contribution in [0, 0.1) is 5.92 Å². The molecule has 0 saturated heterocycles. The number of rotatable bonds is 4. The molecule has 0 aliphatic carbocycles. The molecule has 0 rings (SSSR count). The summed E-state index contributed by atoms with van der Waals surface area (Å²) in [6, 6.07) is 0. The van der Waals surface area contributed by atoms with Gasteiger partial charge in [0.1, 0.15) is 0 Å². The summed E-state index contributed by atoms with van der Waals surface area (Å²) in [5.74, 6) is -0.506. The lowest BCUT2D eigenvalue weighted by atomic mass is 10.0. The standard InChI is InChI=1S/C8H13ClO3/c1-4-5(2)7(8(9)11)12-6(3)10/h5,7H,4H2,1-3H3. The molecule has 0 aliphatic heterocycles. The molecule has 0 aromatic carbocycles. The Hall–Kier alpha value is -0.570. The van der Waals surface area contributed by atoms with E-state index in [0.717, 1.165) is 6.42 Å². The molecule has 4 heteroatoms. The zero-order valence-electron chi connectivity index (χ0n) is 7.46. The summed E-state index contributed by atoms with van der Waals surface area (Å²) in [5.41, 5.74) is 0. The maximum Gasteiger partial charge on any atom is 0.303 e. The van der Waals surface area contributed by atoms with E-state index in [4.69, 9.17) is 16.3 Å². The SMILES string of the molecule is CCC(C)C(OC(C)=O)C(=O)Cl. The third-order valence-corrected chi connectivity index (χ3v) is 1.89. The molecule has 2 unspecified atom stereocenters. The summed E-state index contributed by atoms with van der Waals surface area (Å²) in [6.07, 6.45) is -0.0506. The highest BCUT2D eigenvalue weighted by atomic mass is 35.5. The van der Waals surface area contributed by atoms with Crippen molar-refractivity contribution in [3.63, 3.8) is 0 Å². The topological polar surface area (TPSA) is 43.4 Å².